The predicted molar refractivity (Wildman–Crippen MR) is 229 cm³/mol. The summed E-state index contributed by atoms with van der Waals surface area (Å²) >= 11 is 0. The van der Waals surface area contributed by atoms with Crippen molar-refractivity contribution in [2.75, 3.05) is 26.8 Å². The van der Waals surface area contributed by atoms with Gasteiger partial charge in [0.15, 0.2) is 0 Å². The number of likely N-dealkylation sites (tertiary alicyclic amines) is 2. The maximum atomic E-state index is 14.5. The van der Waals surface area contributed by atoms with Gasteiger partial charge in [0.05, 0.1) is 41.6 Å². The predicted octanol–water partition coefficient (Wildman–Crippen LogP) is 8.68. The number of carbonyl (C=O) groups is 3. The van der Waals surface area contributed by atoms with Crippen LogP contribution in [0.15, 0.2) is 91.1 Å². The van der Waals surface area contributed by atoms with E-state index in [1.807, 2.05) is 46.3 Å². The molecule has 0 bridgehead atoms. The Morgan fingerprint density at radius 2 is 1.66 bits per heavy atom. The lowest BCUT2D eigenvalue weighted by atomic mass is 9.99. The van der Waals surface area contributed by atoms with Crippen molar-refractivity contribution in [2.45, 2.75) is 76.9 Å². The van der Waals surface area contributed by atoms with Gasteiger partial charge in [0.1, 0.15) is 17.7 Å². The fraction of sp³-hybridized carbons (Fsp3) is 0.396. The standard InChI is InChI=1S/C48H53N7O4/c1-4-29(2)23-42(56)54-22-8-11-40(54)45-49-26-39(51-45)32-14-12-31(13-15-32)35-18-20-37-36(25-35)19-21-38-44(37)52-46(50-38)41-24-30(28-59-3)27-55(41)48(58)43(33-9-6-5-7-10-33)53-47(57)34-16-17-34/h5-7,9-10,12-15,18-21,25-26,29-30,34,40-41,43H,4,8,11,16-17,22-24,27-28H2,1-3H3,(H,49,51)(H,50,52)(H,53,57)/t29-,30-,40-,41-,43+/m0/s1. The summed E-state index contributed by atoms with van der Waals surface area (Å²) in [4.78, 5) is 61.5. The molecule has 0 unspecified atom stereocenters. The normalized spacial score (nSPS) is 20.4. The third-order valence-electron chi connectivity index (χ3n) is 12.7. The number of ether oxygens (including phenoxy) is 1. The molecule has 0 radical (unpaired) electrons. The van der Waals surface area contributed by atoms with E-state index in [-0.39, 0.29) is 41.6 Å². The lowest BCUT2D eigenvalue weighted by Crippen LogP contribution is -2.43. The van der Waals surface area contributed by atoms with Crippen molar-refractivity contribution in [3.8, 4) is 22.4 Å². The fourth-order valence-electron chi connectivity index (χ4n) is 9.05. The molecule has 3 amide bonds. The van der Waals surface area contributed by atoms with E-state index in [0.717, 1.165) is 100 Å². The number of benzene rings is 4. The van der Waals surface area contributed by atoms with E-state index in [4.69, 9.17) is 14.7 Å². The molecule has 2 saturated heterocycles. The fourth-order valence-corrected chi connectivity index (χ4v) is 9.05. The average molecular weight is 792 g/mol. The van der Waals surface area contributed by atoms with Crippen LogP contribution in [0.4, 0.5) is 0 Å². The Balaban J connectivity index is 0.946. The third kappa shape index (κ3) is 7.88. The minimum absolute atomic E-state index is 0.000690. The van der Waals surface area contributed by atoms with Gasteiger partial charge in [-0.05, 0) is 77.8 Å². The number of nitrogens with one attached hydrogen (secondary N) is 3. The van der Waals surface area contributed by atoms with Gasteiger partial charge in [-0.1, -0.05) is 93.1 Å². The van der Waals surface area contributed by atoms with Gasteiger partial charge in [0, 0.05) is 43.8 Å². The minimum atomic E-state index is -0.776. The molecule has 11 nitrogen and oxygen atoms in total. The lowest BCUT2D eigenvalue weighted by molar-refractivity contribution is -0.138. The van der Waals surface area contributed by atoms with Crippen molar-refractivity contribution in [1.82, 2.24) is 35.1 Å². The van der Waals surface area contributed by atoms with Gasteiger partial charge in [-0.15, -0.1) is 0 Å². The molecule has 5 atom stereocenters. The second-order valence-corrected chi connectivity index (χ2v) is 16.9. The van der Waals surface area contributed by atoms with Gasteiger partial charge in [0.25, 0.3) is 0 Å². The molecule has 4 heterocycles. The van der Waals surface area contributed by atoms with Crippen LogP contribution in [0.1, 0.15) is 94.1 Å². The summed E-state index contributed by atoms with van der Waals surface area (Å²) in [6.07, 6.45) is 7.81. The number of carbonyl (C=O) groups excluding carboxylic acids is 3. The number of imidazole rings is 2. The average Bonchev–Trinajstić information content (AvgIpc) is 3.63. The number of amides is 3. The van der Waals surface area contributed by atoms with Crippen molar-refractivity contribution in [3.63, 3.8) is 0 Å². The summed E-state index contributed by atoms with van der Waals surface area (Å²) in [6, 6.07) is 27.6. The molecule has 9 rings (SSSR count). The third-order valence-corrected chi connectivity index (χ3v) is 12.7. The van der Waals surface area contributed by atoms with Crippen LogP contribution >= 0.6 is 0 Å². The zero-order valence-corrected chi connectivity index (χ0v) is 34.1. The number of aromatic amines is 2. The van der Waals surface area contributed by atoms with Crippen LogP contribution in [0.5, 0.6) is 0 Å². The lowest BCUT2D eigenvalue weighted by Gasteiger charge is -2.29. The zero-order chi connectivity index (χ0) is 40.6. The highest BCUT2D eigenvalue weighted by Crippen LogP contribution is 2.39. The number of rotatable bonds is 13. The van der Waals surface area contributed by atoms with Crippen molar-refractivity contribution < 1.29 is 19.1 Å². The molecule has 2 aromatic heterocycles. The quantitative estimate of drug-likeness (QED) is 0.107. The van der Waals surface area contributed by atoms with E-state index < -0.39 is 6.04 Å². The second-order valence-electron chi connectivity index (χ2n) is 16.9. The van der Waals surface area contributed by atoms with E-state index in [0.29, 0.717) is 31.9 Å². The van der Waals surface area contributed by atoms with Crippen LogP contribution in [-0.2, 0) is 19.1 Å². The molecule has 2 aliphatic heterocycles. The zero-order valence-electron chi connectivity index (χ0n) is 34.1. The number of nitrogens with zero attached hydrogens (tertiary/aromatic N) is 4. The maximum Gasteiger partial charge on any atom is 0.250 e. The Kier molecular flexibility index (Phi) is 10.8. The number of methoxy groups -OCH3 is 1. The molecule has 4 aromatic carbocycles. The molecule has 6 aromatic rings. The van der Waals surface area contributed by atoms with Crippen molar-refractivity contribution in [2.24, 2.45) is 17.8 Å². The molecular weight excluding hydrogens is 739 g/mol. The molecule has 11 heteroatoms. The number of fused-ring (bicyclic) bond motifs is 3. The first-order valence-corrected chi connectivity index (χ1v) is 21.3. The van der Waals surface area contributed by atoms with E-state index in [1.54, 1.807) is 7.11 Å². The Hall–Kier alpha value is -5.81. The monoisotopic (exact) mass is 791 g/mol. The summed E-state index contributed by atoms with van der Waals surface area (Å²) in [7, 11) is 1.69. The van der Waals surface area contributed by atoms with E-state index >= 15 is 0 Å². The molecule has 304 valence electrons. The minimum Gasteiger partial charge on any atom is -0.384 e. The molecule has 3 N–H and O–H groups in total. The smallest absolute Gasteiger partial charge is 0.250 e. The van der Waals surface area contributed by atoms with Gasteiger partial charge < -0.3 is 29.8 Å². The van der Waals surface area contributed by atoms with Gasteiger partial charge in [-0.25, -0.2) is 9.97 Å². The Morgan fingerprint density at radius 1 is 0.881 bits per heavy atom. The molecule has 3 fully saturated rings. The van der Waals surface area contributed by atoms with Gasteiger partial charge >= 0.3 is 0 Å². The van der Waals surface area contributed by atoms with Crippen LogP contribution in [0, 0.1) is 17.8 Å². The Bertz CT molecular complexity index is 2470. The maximum absolute atomic E-state index is 14.5. The van der Waals surface area contributed by atoms with Crippen LogP contribution in [-0.4, -0.2) is 74.3 Å². The Morgan fingerprint density at radius 3 is 2.42 bits per heavy atom. The van der Waals surface area contributed by atoms with Crippen molar-refractivity contribution >= 4 is 39.5 Å². The summed E-state index contributed by atoms with van der Waals surface area (Å²) < 4.78 is 5.57. The van der Waals surface area contributed by atoms with Crippen molar-refractivity contribution in [1.29, 1.82) is 0 Å². The number of hydrogen-bond acceptors (Lipinski definition) is 6. The van der Waals surface area contributed by atoms with E-state index in [9.17, 15) is 14.4 Å². The Labute approximate surface area is 345 Å². The highest BCUT2D eigenvalue weighted by atomic mass is 16.5. The highest BCUT2D eigenvalue weighted by Gasteiger charge is 2.42. The van der Waals surface area contributed by atoms with Gasteiger partial charge in [-0.3, -0.25) is 14.4 Å². The summed E-state index contributed by atoms with van der Waals surface area (Å²) in [5.41, 5.74) is 6.73. The number of aromatic nitrogens is 4. The van der Waals surface area contributed by atoms with E-state index in [2.05, 4.69) is 83.7 Å². The van der Waals surface area contributed by atoms with Crippen LogP contribution in [0.3, 0.4) is 0 Å². The first-order chi connectivity index (χ1) is 28.8. The largest absolute Gasteiger partial charge is 0.384 e. The molecular formula is C48H53N7O4. The molecule has 1 saturated carbocycles. The van der Waals surface area contributed by atoms with Gasteiger partial charge in [-0.2, -0.15) is 0 Å². The van der Waals surface area contributed by atoms with Gasteiger partial charge in [0.2, 0.25) is 17.7 Å². The van der Waals surface area contributed by atoms with Crippen molar-refractivity contribution in [3.05, 3.63) is 108 Å². The molecule has 1 aliphatic carbocycles. The molecule has 3 aliphatic rings. The first kappa shape index (κ1) is 38.7. The van der Waals surface area contributed by atoms with Crippen LogP contribution < -0.4 is 5.32 Å². The van der Waals surface area contributed by atoms with Crippen LogP contribution in [0.2, 0.25) is 0 Å². The summed E-state index contributed by atoms with van der Waals surface area (Å²) in [6.45, 7) is 6.10. The topological polar surface area (TPSA) is 136 Å². The van der Waals surface area contributed by atoms with Crippen LogP contribution in [0.25, 0.3) is 44.2 Å². The highest BCUT2D eigenvalue weighted by molar-refractivity contribution is 6.05. The summed E-state index contributed by atoms with van der Waals surface area (Å²) in [5.74, 6) is 2.12. The first-order valence-electron chi connectivity index (χ1n) is 21.3. The molecule has 0 spiro atoms. The number of hydrogen-bond donors (Lipinski definition) is 3. The summed E-state index contributed by atoms with van der Waals surface area (Å²) in [5, 5.41) is 5.19. The second kappa shape index (κ2) is 16.4. The van der Waals surface area contributed by atoms with E-state index in [1.165, 1.54) is 0 Å². The number of H-pyrrole nitrogens is 2. The molecule has 59 heavy (non-hydrogen) atoms. The SMILES string of the molecule is CC[C@H](C)CC(=O)N1CCC[C@H]1c1ncc(-c2ccc(-c3ccc4c(ccc5[nH]c([C@@H]6C[C@H](COC)CN6C(=O)[C@H](NC(=O)C6CC6)c6ccccc6)nc54)c3)cc2)[nH]1.